The fourth-order valence-electron chi connectivity index (χ4n) is 4.06. The first-order valence-electron chi connectivity index (χ1n) is 11.6. The first-order chi connectivity index (χ1) is 17.5. The van der Waals surface area contributed by atoms with E-state index in [0.29, 0.717) is 46.9 Å². The molecule has 0 saturated carbocycles. The molecule has 1 aliphatic rings. The van der Waals surface area contributed by atoms with E-state index in [1.165, 1.54) is 9.58 Å². The van der Waals surface area contributed by atoms with Crippen LogP contribution in [0.2, 0.25) is 0 Å². The number of rotatable bonds is 6. The normalized spacial score (nSPS) is 12.2. The Morgan fingerprint density at radius 1 is 0.944 bits per heavy atom. The van der Waals surface area contributed by atoms with E-state index in [0.717, 1.165) is 0 Å². The van der Waals surface area contributed by atoms with Crippen molar-refractivity contribution in [3.63, 3.8) is 0 Å². The SMILES string of the molecule is CCN(CC(=O)Nc1ccc2c(c1)OCCO2)C(=O)c1nn(-c2ccccc2)c(=O)c2ccccc12. The van der Waals surface area contributed by atoms with Crippen LogP contribution >= 0.6 is 0 Å². The average Bonchev–Trinajstić information content (AvgIpc) is 2.92. The molecule has 182 valence electrons. The topological polar surface area (TPSA) is 103 Å². The molecule has 0 radical (unpaired) electrons. The third-order valence-electron chi connectivity index (χ3n) is 5.84. The molecule has 0 spiro atoms. The minimum absolute atomic E-state index is 0.100. The highest BCUT2D eigenvalue weighted by atomic mass is 16.6. The van der Waals surface area contributed by atoms with Gasteiger partial charge in [0.2, 0.25) is 5.91 Å². The number of benzene rings is 3. The molecule has 9 heteroatoms. The lowest BCUT2D eigenvalue weighted by atomic mass is 10.1. The molecule has 2 amide bonds. The van der Waals surface area contributed by atoms with Crippen molar-refractivity contribution in [2.75, 3.05) is 31.6 Å². The van der Waals surface area contributed by atoms with Crippen molar-refractivity contribution >= 4 is 28.3 Å². The number of carbonyl (C=O) groups is 2. The van der Waals surface area contributed by atoms with Crippen LogP contribution in [0, 0.1) is 0 Å². The van der Waals surface area contributed by atoms with Gasteiger partial charge in [-0.05, 0) is 37.3 Å². The van der Waals surface area contributed by atoms with Gasteiger partial charge in [0.05, 0.1) is 11.1 Å². The van der Waals surface area contributed by atoms with Gasteiger partial charge in [-0.2, -0.15) is 9.78 Å². The van der Waals surface area contributed by atoms with Crippen molar-refractivity contribution in [3.05, 3.63) is 88.8 Å². The minimum Gasteiger partial charge on any atom is -0.486 e. The number of nitrogens with one attached hydrogen (secondary N) is 1. The number of carbonyl (C=O) groups excluding carboxylic acids is 2. The Morgan fingerprint density at radius 3 is 2.39 bits per heavy atom. The predicted octanol–water partition coefficient (Wildman–Crippen LogP) is 3.26. The molecule has 36 heavy (non-hydrogen) atoms. The van der Waals surface area contributed by atoms with Gasteiger partial charge in [0.15, 0.2) is 17.2 Å². The van der Waals surface area contributed by atoms with E-state index >= 15 is 0 Å². The van der Waals surface area contributed by atoms with Crippen molar-refractivity contribution in [1.82, 2.24) is 14.7 Å². The summed E-state index contributed by atoms with van der Waals surface area (Å²) in [4.78, 5) is 40.9. The molecule has 0 fully saturated rings. The van der Waals surface area contributed by atoms with Crippen LogP contribution in [-0.4, -0.2) is 52.8 Å². The number of hydrogen-bond donors (Lipinski definition) is 1. The zero-order valence-corrected chi connectivity index (χ0v) is 19.6. The van der Waals surface area contributed by atoms with Crippen LogP contribution in [0.3, 0.4) is 0 Å². The summed E-state index contributed by atoms with van der Waals surface area (Å²) < 4.78 is 12.3. The Morgan fingerprint density at radius 2 is 1.64 bits per heavy atom. The van der Waals surface area contributed by atoms with Gasteiger partial charge in [-0.1, -0.05) is 36.4 Å². The zero-order chi connectivity index (χ0) is 25.1. The van der Waals surface area contributed by atoms with Crippen molar-refractivity contribution in [3.8, 4) is 17.2 Å². The summed E-state index contributed by atoms with van der Waals surface area (Å²) in [6.07, 6.45) is 0. The van der Waals surface area contributed by atoms with Crippen molar-refractivity contribution in [2.24, 2.45) is 0 Å². The highest BCUT2D eigenvalue weighted by Gasteiger charge is 2.24. The maximum Gasteiger partial charge on any atom is 0.279 e. The Kier molecular flexibility index (Phi) is 6.36. The summed E-state index contributed by atoms with van der Waals surface area (Å²) in [5.41, 5.74) is 0.853. The van der Waals surface area contributed by atoms with Crippen LogP contribution in [0.4, 0.5) is 5.69 Å². The largest absolute Gasteiger partial charge is 0.486 e. The van der Waals surface area contributed by atoms with E-state index in [-0.39, 0.29) is 30.2 Å². The lowest BCUT2D eigenvalue weighted by Crippen LogP contribution is -2.39. The smallest absolute Gasteiger partial charge is 0.279 e. The maximum absolute atomic E-state index is 13.6. The summed E-state index contributed by atoms with van der Waals surface area (Å²) in [6, 6.07) is 20.9. The number of nitrogens with zero attached hydrogens (tertiary/aromatic N) is 3. The lowest BCUT2D eigenvalue weighted by Gasteiger charge is -2.22. The summed E-state index contributed by atoms with van der Waals surface area (Å²) in [5.74, 6) is 0.357. The third kappa shape index (κ3) is 4.50. The van der Waals surface area contributed by atoms with Gasteiger partial charge in [0, 0.05) is 23.7 Å². The Labute approximate surface area is 206 Å². The molecule has 4 aromatic rings. The molecule has 0 atom stereocenters. The molecule has 1 aliphatic heterocycles. The highest BCUT2D eigenvalue weighted by Crippen LogP contribution is 2.32. The second kappa shape index (κ2) is 9.91. The average molecular weight is 485 g/mol. The maximum atomic E-state index is 13.6. The quantitative estimate of drug-likeness (QED) is 0.451. The molecule has 0 aliphatic carbocycles. The van der Waals surface area contributed by atoms with Gasteiger partial charge in [0.1, 0.15) is 19.8 Å². The van der Waals surface area contributed by atoms with E-state index in [9.17, 15) is 14.4 Å². The van der Waals surface area contributed by atoms with Gasteiger partial charge >= 0.3 is 0 Å². The number of likely N-dealkylation sites (N-methyl/N-ethyl adjacent to an activating group) is 1. The van der Waals surface area contributed by atoms with E-state index in [4.69, 9.17) is 9.47 Å². The Bertz CT molecular complexity index is 1500. The summed E-state index contributed by atoms with van der Waals surface area (Å²) in [5, 5.41) is 8.04. The molecule has 1 N–H and O–H groups in total. The zero-order valence-electron chi connectivity index (χ0n) is 19.6. The summed E-state index contributed by atoms with van der Waals surface area (Å²) >= 11 is 0. The fraction of sp³-hybridized carbons (Fsp3) is 0.185. The van der Waals surface area contributed by atoms with E-state index in [1.807, 2.05) is 6.07 Å². The molecule has 0 unspecified atom stereocenters. The molecule has 9 nitrogen and oxygen atoms in total. The first kappa shape index (κ1) is 23.1. The summed E-state index contributed by atoms with van der Waals surface area (Å²) in [7, 11) is 0. The molecule has 2 heterocycles. The van der Waals surface area contributed by atoms with Crippen molar-refractivity contribution in [2.45, 2.75) is 6.92 Å². The number of fused-ring (bicyclic) bond motifs is 2. The van der Waals surface area contributed by atoms with Crippen molar-refractivity contribution in [1.29, 1.82) is 0 Å². The lowest BCUT2D eigenvalue weighted by molar-refractivity contribution is -0.116. The summed E-state index contributed by atoms with van der Waals surface area (Å²) in [6.45, 7) is 2.78. The van der Waals surface area contributed by atoms with Gasteiger partial charge in [-0.15, -0.1) is 0 Å². The molecule has 5 rings (SSSR count). The fourth-order valence-corrected chi connectivity index (χ4v) is 4.06. The molecule has 0 bridgehead atoms. The standard InChI is InChI=1S/C27H24N4O5/c1-2-30(17-24(32)28-18-12-13-22-23(16-18)36-15-14-35-22)27(34)25-20-10-6-7-11-21(20)26(33)31(29-25)19-8-4-3-5-9-19/h3-13,16H,2,14-15,17H2,1H3,(H,28,32). The Hall–Kier alpha value is -4.66. The van der Waals surface area contributed by atoms with Crippen molar-refractivity contribution < 1.29 is 19.1 Å². The van der Waals surface area contributed by atoms with E-state index in [2.05, 4.69) is 10.4 Å². The van der Waals surface area contributed by atoms with Crippen LogP contribution in [0.5, 0.6) is 11.5 Å². The second-order valence-corrected chi connectivity index (χ2v) is 8.17. The number of hydrogen-bond acceptors (Lipinski definition) is 6. The van der Waals surface area contributed by atoms with Crippen LogP contribution in [0.25, 0.3) is 16.5 Å². The Balaban J connectivity index is 1.43. The van der Waals surface area contributed by atoms with Crippen LogP contribution < -0.4 is 20.3 Å². The molecule has 0 saturated heterocycles. The van der Waals surface area contributed by atoms with Gasteiger partial charge < -0.3 is 19.7 Å². The number of aromatic nitrogens is 2. The molecule has 3 aromatic carbocycles. The third-order valence-corrected chi connectivity index (χ3v) is 5.84. The van der Waals surface area contributed by atoms with Gasteiger partial charge in [-0.25, -0.2) is 0 Å². The monoisotopic (exact) mass is 484 g/mol. The minimum atomic E-state index is -0.448. The van der Waals surface area contributed by atoms with Gasteiger partial charge in [-0.3, -0.25) is 14.4 Å². The van der Waals surface area contributed by atoms with Crippen LogP contribution in [-0.2, 0) is 4.79 Å². The second-order valence-electron chi connectivity index (χ2n) is 8.17. The van der Waals surface area contributed by atoms with E-state index < -0.39 is 5.91 Å². The number of ether oxygens (including phenoxy) is 2. The van der Waals surface area contributed by atoms with E-state index in [1.54, 1.807) is 73.7 Å². The predicted molar refractivity (Wildman–Crippen MR) is 135 cm³/mol. The van der Waals surface area contributed by atoms with Gasteiger partial charge in [0.25, 0.3) is 11.5 Å². The first-order valence-corrected chi connectivity index (χ1v) is 11.6. The van der Waals surface area contributed by atoms with Crippen LogP contribution in [0.15, 0.2) is 77.6 Å². The molecular formula is C27H24N4O5. The number of amides is 2. The molecule has 1 aromatic heterocycles. The number of anilines is 1. The van der Waals surface area contributed by atoms with Crippen LogP contribution in [0.1, 0.15) is 17.4 Å². The number of para-hydroxylation sites is 1. The molecular weight excluding hydrogens is 460 g/mol. The highest BCUT2D eigenvalue weighted by molar-refractivity contribution is 6.06.